The van der Waals surface area contributed by atoms with Crippen LogP contribution >= 0.6 is 0 Å². The summed E-state index contributed by atoms with van der Waals surface area (Å²) in [4.78, 5) is 26.9. The zero-order valence-corrected chi connectivity index (χ0v) is 15.5. The van der Waals surface area contributed by atoms with E-state index in [4.69, 9.17) is 4.74 Å². The third kappa shape index (κ3) is 5.31. The molecule has 6 heteroatoms. The Morgan fingerprint density at radius 1 is 0.963 bits per heavy atom. The molecule has 2 amide bonds. The van der Waals surface area contributed by atoms with Gasteiger partial charge in [-0.05, 0) is 74.8 Å². The van der Waals surface area contributed by atoms with Gasteiger partial charge in [0.1, 0.15) is 5.75 Å². The topological polar surface area (TPSA) is 70.7 Å². The average Bonchev–Trinajstić information content (AvgIpc) is 3.20. The first-order valence-corrected chi connectivity index (χ1v) is 9.30. The van der Waals surface area contributed by atoms with E-state index in [1.807, 2.05) is 25.1 Å². The minimum atomic E-state index is -0.375. The lowest BCUT2D eigenvalue weighted by Crippen LogP contribution is -2.41. The van der Waals surface area contributed by atoms with Crippen molar-refractivity contribution >= 4 is 11.8 Å². The third-order valence-electron chi connectivity index (χ3n) is 4.51. The van der Waals surface area contributed by atoms with E-state index in [9.17, 15) is 9.59 Å². The molecule has 0 radical (unpaired) electrons. The molecule has 1 fully saturated rings. The molecule has 3 rings (SSSR count). The molecule has 0 bridgehead atoms. The molecule has 1 aliphatic heterocycles. The van der Waals surface area contributed by atoms with Crippen LogP contribution in [0.1, 0.15) is 46.0 Å². The number of likely N-dealkylation sites (tertiary alicyclic amines) is 1. The Morgan fingerprint density at radius 2 is 1.63 bits per heavy atom. The zero-order valence-electron chi connectivity index (χ0n) is 15.5. The molecular weight excluding hydrogens is 342 g/mol. The van der Waals surface area contributed by atoms with Crippen molar-refractivity contribution < 1.29 is 14.3 Å². The van der Waals surface area contributed by atoms with Gasteiger partial charge in [-0.25, -0.2) is 0 Å². The third-order valence-corrected chi connectivity index (χ3v) is 4.51. The summed E-state index contributed by atoms with van der Waals surface area (Å²) in [6.07, 6.45) is 2.47. The highest BCUT2D eigenvalue weighted by Gasteiger charge is 2.13. The van der Waals surface area contributed by atoms with Gasteiger partial charge in [-0.15, -0.1) is 0 Å². The zero-order chi connectivity index (χ0) is 19.1. The molecule has 2 aromatic carbocycles. The Labute approximate surface area is 159 Å². The predicted molar refractivity (Wildman–Crippen MR) is 103 cm³/mol. The van der Waals surface area contributed by atoms with Gasteiger partial charge in [0, 0.05) is 17.7 Å². The maximum Gasteiger partial charge on any atom is 0.269 e. The smallest absolute Gasteiger partial charge is 0.269 e. The van der Waals surface area contributed by atoms with Crippen molar-refractivity contribution in [2.45, 2.75) is 26.3 Å². The Balaban J connectivity index is 1.54. The molecule has 2 N–H and O–H groups in total. The number of nitrogens with one attached hydrogen (secondary N) is 2. The maximum absolute atomic E-state index is 12.3. The molecular formula is C21H25N3O3. The van der Waals surface area contributed by atoms with Gasteiger partial charge in [0.15, 0.2) is 0 Å². The summed E-state index contributed by atoms with van der Waals surface area (Å²) >= 11 is 0. The number of benzene rings is 2. The first-order chi connectivity index (χ1) is 13.2. The normalized spacial score (nSPS) is 14.0. The van der Waals surface area contributed by atoms with Crippen molar-refractivity contribution in [3.63, 3.8) is 0 Å². The monoisotopic (exact) mass is 367 g/mol. The number of rotatable bonds is 6. The fourth-order valence-corrected chi connectivity index (χ4v) is 3.14. The Morgan fingerprint density at radius 3 is 2.30 bits per heavy atom. The number of hydrogen-bond donors (Lipinski definition) is 2. The molecule has 6 nitrogen and oxygen atoms in total. The van der Waals surface area contributed by atoms with Crippen LogP contribution in [0.3, 0.4) is 0 Å². The highest BCUT2D eigenvalue weighted by Crippen LogP contribution is 2.14. The Hall–Kier alpha value is -2.86. The van der Waals surface area contributed by atoms with E-state index >= 15 is 0 Å². The summed E-state index contributed by atoms with van der Waals surface area (Å²) in [6.45, 7) is 5.53. The van der Waals surface area contributed by atoms with E-state index in [1.165, 1.54) is 12.8 Å². The molecule has 0 aromatic heterocycles. The molecule has 0 aliphatic carbocycles. The standard InChI is InChI=1S/C21H25N3O3/c1-2-27-19-10-8-17(9-11-19)20(25)22-23-21(26)18-7-5-6-16(14-18)15-24-12-3-4-13-24/h5-11,14H,2-4,12-13,15H2,1H3,(H,22,25)(H,23,26). The number of amides is 2. The van der Waals surface area contributed by atoms with Crippen LogP contribution in [0.2, 0.25) is 0 Å². The van der Waals surface area contributed by atoms with Crippen molar-refractivity contribution in [2.24, 2.45) is 0 Å². The SMILES string of the molecule is CCOc1ccc(C(=O)NNC(=O)c2cccc(CN3CCCC3)c2)cc1. The van der Waals surface area contributed by atoms with Crippen LogP contribution in [-0.4, -0.2) is 36.4 Å². The van der Waals surface area contributed by atoms with Gasteiger partial charge >= 0.3 is 0 Å². The molecule has 1 heterocycles. The van der Waals surface area contributed by atoms with Gasteiger partial charge in [-0.3, -0.25) is 25.3 Å². The van der Waals surface area contributed by atoms with E-state index in [2.05, 4.69) is 15.8 Å². The van der Waals surface area contributed by atoms with E-state index in [-0.39, 0.29) is 11.8 Å². The van der Waals surface area contributed by atoms with Gasteiger partial charge in [-0.2, -0.15) is 0 Å². The number of carbonyl (C=O) groups excluding carboxylic acids is 2. The fourth-order valence-electron chi connectivity index (χ4n) is 3.14. The second kappa shape index (κ2) is 9.19. The lowest BCUT2D eigenvalue weighted by atomic mass is 10.1. The van der Waals surface area contributed by atoms with Gasteiger partial charge in [0.2, 0.25) is 0 Å². The van der Waals surface area contributed by atoms with E-state index < -0.39 is 0 Å². The second-order valence-electron chi connectivity index (χ2n) is 6.55. The first-order valence-electron chi connectivity index (χ1n) is 9.30. The second-order valence-corrected chi connectivity index (χ2v) is 6.55. The molecule has 27 heavy (non-hydrogen) atoms. The summed E-state index contributed by atoms with van der Waals surface area (Å²) in [5, 5.41) is 0. The predicted octanol–water partition coefficient (Wildman–Crippen LogP) is 2.76. The number of ether oxygens (including phenoxy) is 1. The maximum atomic E-state index is 12.3. The van der Waals surface area contributed by atoms with Gasteiger partial charge in [-0.1, -0.05) is 12.1 Å². The quantitative estimate of drug-likeness (QED) is 0.770. The fraction of sp³-hybridized carbons (Fsp3) is 0.333. The summed E-state index contributed by atoms with van der Waals surface area (Å²) in [5.41, 5.74) is 7.00. The Kier molecular flexibility index (Phi) is 6.44. The van der Waals surface area contributed by atoms with Crippen LogP contribution in [0.5, 0.6) is 5.75 Å². The van der Waals surface area contributed by atoms with E-state index in [1.54, 1.807) is 30.3 Å². The molecule has 142 valence electrons. The summed E-state index contributed by atoms with van der Waals surface area (Å²) in [5.74, 6) is -0.00918. The van der Waals surface area contributed by atoms with Crippen molar-refractivity contribution in [2.75, 3.05) is 19.7 Å². The molecule has 1 aliphatic rings. The van der Waals surface area contributed by atoms with Crippen molar-refractivity contribution in [1.82, 2.24) is 15.8 Å². The van der Waals surface area contributed by atoms with Crippen LogP contribution in [-0.2, 0) is 6.54 Å². The lowest BCUT2D eigenvalue weighted by Gasteiger charge is -2.15. The van der Waals surface area contributed by atoms with Crippen molar-refractivity contribution in [1.29, 1.82) is 0 Å². The number of hydrazine groups is 1. The molecule has 0 saturated carbocycles. The summed E-state index contributed by atoms with van der Waals surface area (Å²) < 4.78 is 5.35. The molecule has 0 spiro atoms. The summed E-state index contributed by atoms with van der Waals surface area (Å²) in [6, 6.07) is 14.3. The molecule has 1 saturated heterocycles. The van der Waals surface area contributed by atoms with Crippen LogP contribution < -0.4 is 15.6 Å². The van der Waals surface area contributed by atoms with Gasteiger partial charge in [0.25, 0.3) is 11.8 Å². The first kappa shape index (κ1) is 18.9. The molecule has 2 aromatic rings. The van der Waals surface area contributed by atoms with Gasteiger partial charge in [0.05, 0.1) is 6.61 Å². The number of nitrogens with zero attached hydrogens (tertiary/aromatic N) is 1. The van der Waals surface area contributed by atoms with Crippen LogP contribution in [0, 0.1) is 0 Å². The van der Waals surface area contributed by atoms with E-state index in [0.717, 1.165) is 25.2 Å². The largest absolute Gasteiger partial charge is 0.494 e. The minimum Gasteiger partial charge on any atom is -0.494 e. The van der Waals surface area contributed by atoms with Crippen LogP contribution in [0.25, 0.3) is 0 Å². The molecule has 0 unspecified atom stereocenters. The average molecular weight is 367 g/mol. The highest BCUT2D eigenvalue weighted by atomic mass is 16.5. The van der Waals surface area contributed by atoms with Crippen molar-refractivity contribution in [3.05, 3.63) is 65.2 Å². The van der Waals surface area contributed by atoms with Crippen LogP contribution in [0.4, 0.5) is 0 Å². The van der Waals surface area contributed by atoms with Crippen LogP contribution in [0.15, 0.2) is 48.5 Å². The minimum absolute atomic E-state index is 0.336. The van der Waals surface area contributed by atoms with E-state index in [0.29, 0.717) is 23.5 Å². The highest BCUT2D eigenvalue weighted by molar-refractivity contribution is 5.99. The summed E-state index contributed by atoms with van der Waals surface area (Å²) in [7, 11) is 0. The number of hydrogen-bond acceptors (Lipinski definition) is 4. The van der Waals surface area contributed by atoms with Gasteiger partial charge < -0.3 is 4.74 Å². The number of carbonyl (C=O) groups is 2. The Bertz CT molecular complexity index is 784. The molecule has 0 atom stereocenters. The van der Waals surface area contributed by atoms with Crippen molar-refractivity contribution in [3.8, 4) is 5.75 Å². The lowest BCUT2D eigenvalue weighted by molar-refractivity contribution is 0.0846.